The van der Waals surface area contributed by atoms with Crippen LogP contribution >= 0.6 is 23.6 Å². The van der Waals surface area contributed by atoms with Crippen LogP contribution in [-0.2, 0) is 0 Å². The minimum absolute atomic E-state index is 0.310. The molecule has 0 amide bonds. The topological polar surface area (TPSA) is 28.5 Å². The van der Waals surface area contributed by atoms with E-state index in [1.165, 1.54) is 15.8 Å². The van der Waals surface area contributed by atoms with Crippen LogP contribution in [0.3, 0.4) is 0 Å². The van der Waals surface area contributed by atoms with Crippen molar-refractivity contribution in [3.05, 3.63) is 52.5 Å². The predicted octanol–water partition coefficient (Wildman–Crippen LogP) is 2.06. The number of nitrogens with one attached hydrogen (secondary N) is 3. The zero-order chi connectivity index (χ0) is 15.2. The van der Waals surface area contributed by atoms with Gasteiger partial charge in [-0.25, -0.2) is 4.39 Å². The van der Waals surface area contributed by atoms with Gasteiger partial charge in [0.05, 0.1) is 31.2 Å². The maximum atomic E-state index is 13.5. The molecule has 112 valence electrons. The molecule has 0 aliphatic rings. The number of hydrogen-bond donors (Lipinski definition) is 3. The molecule has 21 heavy (non-hydrogen) atoms. The summed E-state index contributed by atoms with van der Waals surface area (Å²) in [4.78, 5) is 2.62. The highest BCUT2D eigenvalue weighted by molar-refractivity contribution is 7.80. The third kappa shape index (κ3) is 4.49. The van der Waals surface area contributed by atoms with Crippen molar-refractivity contribution in [1.82, 2.24) is 5.32 Å². The predicted molar refractivity (Wildman–Crippen MR) is 90.5 cm³/mol. The minimum Gasteiger partial charge on any atom is -0.356 e. The summed E-state index contributed by atoms with van der Waals surface area (Å²) in [6.45, 7) is 0.698. The molecule has 0 radical (unpaired) electrons. The van der Waals surface area contributed by atoms with Crippen molar-refractivity contribution in [2.45, 2.75) is 6.04 Å². The average molecular weight is 324 g/mol. The Morgan fingerprint density at radius 2 is 2.05 bits per heavy atom. The molecular formula is C15H19FN3S2+. The molecule has 1 heterocycles. The monoisotopic (exact) mass is 324 g/mol. The quantitative estimate of drug-likeness (QED) is 0.735. The van der Waals surface area contributed by atoms with Crippen molar-refractivity contribution >= 4 is 34.4 Å². The van der Waals surface area contributed by atoms with E-state index in [1.807, 2.05) is 6.07 Å². The lowest BCUT2D eigenvalue weighted by atomic mass is 10.2. The number of halogens is 1. The summed E-state index contributed by atoms with van der Waals surface area (Å²) in [5, 5.41) is 8.56. The maximum absolute atomic E-state index is 13.5. The van der Waals surface area contributed by atoms with Crippen LogP contribution in [0.15, 0.2) is 41.8 Å². The molecule has 3 nitrogen and oxygen atoms in total. The Labute approximate surface area is 133 Å². The molecule has 0 saturated heterocycles. The van der Waals surface area contributed by atoms with E-state index in [0.717, 1.165) is 0 Å². The number of thiophene rings is 1. The number of quaternary nitrogens is 1. The number of likely N-dealkylation sites (N-methyl/N-ethyl adjacent to an activating group) is 1. The van der Waals surface area contributed by atoms with E-state index >= 15 is 0 Å². The molecule has 0 bridgehead atoms. The first-order chi connectivity index (χ1) is 10.1. The molecule has 3 N–H and O–H groups in total. The Bertz CT molecular complexity index is 584. The molecule has 0 unspecified atom stereocenters. The van der Waals surface area contributed by atoms with Crippen molar-refractivity contribution in [2.24, 2.45) is 0 Å². The van der Waals surface area contributed by atoms with Gasteiger partial charge in [-0.2, -0.15) is 0 Å². The van der Waals surface area contributed by atoms with Crippen molar-refractivity contribution in [2.75, 3.05) is 26.0 Å². The van der Waals surface area contributed by atoms with Gasteiger partial charge in [-0.3, -0.25) is 0 Å². The van der Waals surface area contributed by atoms with E-state index in [1.54, 1.807) is 29.5 Å². The van der Waals surface area contributed by atoms with Gasteiger partial charge in [0.2, 0.25) is 0 Å². The molecule has 1 atom stereocenters. The zero-order valence-electron chi connectivity index (χ0n) is 12.0. The van der Waals surface area contributed by atoms with Crippen molar-refractivity contribution in [1.29, 1.82) is 0 Å². The summed E-state index contributed by atoms with van der Waals surface area (Å²) in [6, 6.07) is 11.0. The molecule has 0 aliphatic heterocycles. The molecule has 0 aliphatic carbocycles. The van der Waals surface area contributed by atoms with E-state index < -0.39 is 0 Å². The van der Waals surface area contributed by atoms with Crippen LogP contribution in [0.1, 0.15) is 10.9 Å². The Morgan fingerprint density at radius 3 is 2.67 bits per heavy atom. The van der Waals surface area contributed by atoms with Crippen LogP contribution in [0.2, 0.25) is 0 Å². The number of rotatable bonds is 5. The summed E-state index contributed by atoms with van der Waals surface area (Å²) in [6.07, 6.45) is 0. The molecule has 0 saturated carbocycles. The SMILES string of the molecule is C[NH+](C)[C@@H](CNC(=S)Nc1ccccc1F)c1cccs1. The normalized spacial score (nSPS) is 12.2. The Balaban J connectivity index is 1.92. The molecule has 0 fully saturated rings. The van der Waals surface area contributed by atoms with Gasteiger partial charge >= 0.3 is 0 Å². The fourth-order valence-corrected chi connectivity index (χ4v) is 3.15. The minimum atomic E-state index is -0.310. The Hall–Kier alpha value is -1.50. The smallest absolute Gasteiger partial charge is 0.171 e. The summed E-state index contributed by atoms with van der Waals surface area (Å²) >= 11 is 6.97. The maximum Gasteiger partial charge on any atom is 0.171 e. The lowest BCUT2D eigenvalue weighted by Gasteiger charge is -2.21. The van der Waals surface area contributed by atoms with Crippen molar-refractivity contribution < 1.29 is 9.29 Å². The highest BCUT2D eigenvalue weighted by Gasteiger charge is 2.19. The lowest BCUT2D eigenvalue weighted by Crippen LogP contribution is -3.06. The van der Waals surface area contributed by atoms with Gasteiger partial charge in [0.15, 0.2) is 5.11 Å². The van der Waals surface area contributed by atoms with Crippen LogP contribution in [0, 0.1) is 5.82 Å². The number of para-hydroxylation sites is 1. The molecule has 1 aromatic heterocycles. The first-order valence-electron chi connectivity index (χ1n) is 6.70. The van der Waals surface area contributed by atoms with Crippen LogP contribution in [0.4, 0.5) is 10.1 Å². The third-order valence-electron chi connectivity index (χ3n) is 3.17. The van der Waals surface area contributed by atoms with Gasteiger partial charge in [-0.1, -0.05) is 18.2 Å². The molecule has 6 heteroatoms. The first-order valence-corrected chi connectivity index (χ1v) is 7.99. The van der Waals surface area contributed by atoms with Crippen LogP contribution < -0.4 is 15.5 Å². The number of hydrogen-bond acceptors (Lipinski definition) is 2. The summed E-state index contributed by atoms with van der Waals surface area (Å²) in [5.74, 6) is -0.310. The lowest BCUT2D eigenvalue weighted by molar-refractivity contribution is -0.890. The number of thiocarbonyl (C=S) groups is 1. The highest BCUT2D eigenvalue weighted by Crippen LogP contribution is 2.16. The van der Waals surface area contributed by atoms with Gasteiger partial charge in [0, 0.05) is 0 Å². The fourth-order valence-electron chi connectivity index (χ4n) is 2.00. The van der Waals surface area contributed by atoms with E-state index in [-0.39, 0.29) is 5.82 Å². The second-order valence-corrected chi connectivity index (χ2v) is 6.35. The van der Waals surface area contributed by atoms with Crippen molar-refractivity contribution in [3.63, 3.8) is 0 Å². The fraction of sp³-hybridized carbons (Fsp3) is 0.267. The van der Waals surface area contributed by atoms with Gasteiger partial charge in [0.1, 0.15) is 11.9 Å². The van der Waals surface area contributed by atoms with E-state index in [2.05, 4.69) is 36.2 Å². The molecule has 1 aromatic carbocycles. The first kappa shape index (κ1) is 15.9. The van der Waals surface area contributed by atoms with Crippen LogP contribution in [0.5, 0.6) is 0 Å². The Kier molecular flexibility index (Phi) is 5.67. The molecule has 0 spiro atoms. The second kappa shape index (κ2) is 7.49. The summed E-state index contributed by atoms with van der Waals surface area (Å²) in [5.41, 5.74) is 0.389. The largest absolute Gasteiger partial charge is 0.356 e. The van der Waals surface area contributed by atoms with E-state index in [4.69, 9.17) is 12.2 Å². The standard InChI is InChI=1S/C15H18FN3S2/c1-19(2)13(14-8-5-9-21-14)10-17-15(20)18-12-7-4-3-6-11(12)16/h3-9,13H,10H2,1-2H3,(H2,17,18,20)/p+1/t13-/m0/s1. The third-order valence-corrected chi connectivity index (χ3v) is 4.40. The summed E-state index contributed by atoms with van der Waals surface area (Å²) in [7, 11) is 4.22. The number of anilines is 1. The van der Waals surface area contributed by atoms with Gasteiger partial charge in [-0.05, 0) is 35.8 Å². The average Bonchev–Trinajstić information content (AvgIpc) is 2.95. The van der Waals surface area contributed by atoms with Crippen LogP contribution in [-0.4, -0.2) is 25.8 Å². The van der Waals surface area contributed by atoms with Gasteiger partial charge in [0.25, 0.3) is 0 Å². The summed E-state index contributed by atoms with van der Waals surface area (Å²) < 4.78 is 13.5. The van der Waals surface area contributed by atoms with Crippen LogP contribution in [0.25, 0.3) is 0 Å². The van der Waals surface area contributed by atoms with E-state index in [0.29, 0.717) is 23.4 Å². The van der Waals surface area contributed by atoms with Gasteiger partial charge < -0.3 is 15.5 Å². The molecular weight excluding hydrogens is 305 g/mol. The van der Waals surface area contributed by atoms with Gasteiger partial charge in [-0.15, -0.1) is 11.3 Å². The molecule has 2 rings (SSSR count). The molecule has 2 aromatic rings. The Morgan fingerprint density at radius 1 is 1.29 bits per heavy atom. The van der Waals surface area contributed by atoms with Crippen molar-refractivity contribution in [3.8, 4) is 0 Å². The number of benzene rings is 1. The highest BCUT2D eigenvalue weighted by atomic mass is 32.1. The van der Waals surface area contributed by atoms with E-state index in [9.17, 15) is 4.39 Å². The zero-order valence-corrected chi connectivity index (χ0v) is 13.7. The second-order valence-electron chi connectivity index (χ2n) is 4.96.